The zero-order chi connectivity index (χ0) is 79.0. The molecule has 0 saturated carbocycles. The Labute approximate surface area is 709 Å². The standard InChI is InChI=1S/C22H23ClN2.C20H20ClN3.C19H19ClN4.C18H18ClN3.C17H16ClN3.CH4/c1-13-11-17-20-15(12-18(23)22(17)24-13)9-10-25(2)19-8-7-14-5-3-4-6-16(14)21(19)20;1-24-9-8-13-10-15(21)19-20(23-11-22-19)17(13)18-14-5-3-2-4-12(14)6-7-16(18)24;1-24-9-8-12-10-14(20)18-19(22-23-21-18)16(12)17-13-5-3-2-4-11(13)6-7-15(17)24;1-22-8-7-13-9-16(19)18-14(10-20-21-18)17(13)15(11-22)12-5-3-2-4-6-12;18-15-8-12-6-7-19-9-13(11-4-2-1-3-5-11)16(12)14-10-20-21-17(14)15;/h3-6,11-12,19,21,24H,7-10H2,1-2H3;2-5,10-11,16,18H,6-9H2,1H3,(H,22,23);2-5,10,15,17H,6-9H2,1H3,(H,21,22,23);2-6,9-10,15H,7-8,11H2,1H3,(H,20,21);1-5,8,10,13,19H,6-7,9H2,(H,20,21);1H4/t19-,21-;16-,18-;15-,17-;15-;13-;/m00011./s1. The number of nitrogens with one attached hydrogen (secondary N) is 6. The van der Waals surface area contributed by atoms with E-state index >= 15 is 0 Å². The molecule has 0 unspecified atom stereocenters. The zero-order valence-corrected chi connectivity index (χ0v) is 69.9. The number of hydrogen-bond donors (Lipinski definition) is 6. The number of aromatic amines is 5. The molecule has 5 aliphatic heterocycles. The first-order valence-electron chi connectivity index (χ1n) is 41.3. The number of halogens is 5. The summed E-state index contributed by atoms with van der Waals surface area (Å²) in [6.07, 6.45) is 17.8. The average molecular weight is 1650 g/mol. The fourth-order valence-electron chi connectivity index (χ4n) is 21.3. The Morgan fingerprint density at radius 3 is 1.39 bits per heavy atom. The van der Waals surface area contributed by atoms with Crippen molar-refractivity contribution in [2.24, 2.45) is 0 Å². The highest BCUT2D eigenvalue weighted by atomic mass is 35.5. The summed E-state index contributed by atoms with van der Waals surface area (Å²) in [5.74, 6) is 1.84. The molecule has 0 spiro atoms. The van der Waals surface area contributed by atoms with Gasteiger partial charge in [0, 0.05) is 109 Å². The van der Waals surface area contributed by atoms with Gasteiger partial charge in [0.15, 0.2) is 0 Å². The van der Waals surface area contributed by atoms with E-state index in [9.17, 15) is 0 Å². The van der Waals surface area contributed by atoms with Crippen LogP contribution in [0.1, 0.15) is 162 Å². The Morgan fingerprint density at radius 1 is 0.393 bits per heavy atom. The second kappa shape index (κ2) is 33.5. The lowest BCUT2D eigenvalue weighted by atomic mass is 9.73. The van der Waals surface area contributed by atoms with E-state index in [2.05, 4.69) is 281 Å². The summed E-state index contributed by atoms with van der Waals surface area (Å²) in [6, 6.07) is 62.8. The molecule has 8 atom stereocenters. The Hall–Kier alpha value is -9.20. The second-order valence-corrected chi connectivity index (χ2v) is 35.3. The first kappa shape index (κ1) is 78.9. The largest absolute Gasteiger partial charge is 0.357 e. The number of imidazole rings is 1. The number of hydrogen-bond acceptors (Lipinski definition) is 10. The molecule has 0 bridgehead atoms. The fourth-order valence-corrected chi connectivity index (χ4v) is 22.6. The van der Waals surface area contributed by atoms with Crippen LogP contribution >= 0.6 is 58.0 Å². The topological polar surface area (TPSA) is 168 Å². The van der Waals surface area contributed by atoms with Gasteiger partial charge in [0.25, 0.3) is 0 Å². The molecule has 0 saturated heterocycles. The molecule has 23 rings (SSSR count). The highest BCUT2D eigenvalue weighted by Gasteiger charge is 2.42. The maximum absolute atomic E-state index is 6.63. The van der Waals surface area contributed by atoms with Gasteiger partial charge in [-0.25, -0.2) is 4.98 Å². The van der Waals surface area contributed by atoms with Crippen LogP contribution < -0.4 is 5.32 Å². The van der Waals surface area contributed by atoms with Crippen molar-refractivity contribution >= 4 is 113 Å². The van der Waals surface area contributed by atoms with E-state index in [0.717, 1.165) is 160 Å². The number of rotatable bonds is 2. The lowest BCUT2D eigenvalue weighted by molar-refractivity contribution is 0.214. The van der Waals surface area contributed by atoms with Gasteiger partial charge in [-0.05, 0) is 249 Å². The number of benzene rings is 10. The van der Waals surface area contributed by atoms with Crippen LogP contribution in [0.4, 0.5) is 0 Å². The minimum Gasteiger partial charge on any atom is -0.357 e. The van der Waals surface area contributed by atoms with Crippen molar-refractivity contribution in [1.82, 2.24) is 75.7 Å². The SMILES string of the molecule is C.CN1CCc2cc(Cl)c3[nH]ncc3c2[C@@H](c2ccccc2)C1.CN1CCc2cc(Cl)c3n[nH]nc3c2[C@H]2c3ccccc3CC[C@@H]21.CN1CCc2cc(Cl)c3nc[nH]c3c2[C@H]2c3ccccc3CC[C@@H]21.Cc1cc2c3c(cc(Cl)c2[nH]1)CCN(C)[C@H]1CCc2ccccc2[C@H]31.Clc1cc2c(c3cn[nH]c13)[C@@H](c1ccccc1)CNCC2. The third-order valence-corrected chi connectivity index (χ3v) is 28.3. The van der Waals surface area contributed by atoms with Crippen LogP contribution in [0.5, 0.6) is 0 Å². The molecule has 15 nitrogen and oxygen atoms in total. The molecule has 8 aliphatic rings. The number of aromatic nitrogens is 10. The molecule has 598 valence electrons. The van der Waals surface area contributed by atoms with Crippen molar-refractivity contribution in [3.8, 4) is 0 Å². The van der Waals surface area contributed by atoms with Crippen molar-refractivity contribution in [2.75, 3.05) is 74.0 Å². The number of nitrogens with zero attached hydrogens (tertiary/aromatic N) is 9. The Morgan fingerprint density at radius 2 is 0.829 bits per heavy atom. The molecule has 3 aliphatic carbocycles. The van der Waals surface area contributed by atoms with E-state index in [1.54, 1.807) is 6.33 Å². The van der Waals surface area contributed by atoms with Crippen LogP contribution in [0, 0.1) is 6.92 Å². The van der Waals surface area contributed by atoms with E-state index in [0.29, 0.717) is 52.7 Å². The number of fused-ring (bicyclic) bond motifs is 27. The summed E-state index contributed by atoms with van der Waals surface area (Å²) < 4.78 is 0. The molecule has 0 radical (unpaired) electrons. The van der Waals surface area contributed by atoms with Gasteiger partial charge in [0.05, 0.1) is 65.9 Å². The van der Waals surface area contributed by atoms with Crippen LogP contribution in [0.2, 0.25) is 25.1 Å². The predicted molar refractivity (Wildman–Crippen MR) is 482 cm³/mol. The summed E-state index contributed by atoms with van der Waals surface area (Å²) in [6.45, 7) is 9.34. The van der Waals surface area contributed by atoms with Gasteiger partial charge in [-0.15, -0.1) is 0 Å². The summed E-state index contributed by atoms with van der Waals surface area (Å²) in [5, 5.41) is 37.1. The van der Waals surface area contributed by atoms with E-state index in [1.165, 1.54) is 137 Å². The fraction of sp³-hybridized carbons (Fsp3) is 0.330. The highest BCUT2D eigenvalue weighted by molar-refractivity contribution is 6.37. The first-order valence-corrected chi connectivity index (χ1v) is 43.2. The lowest BCUT2D eigenvalue weighted by Gasteiger charge is -2.38. The molecule has 117 heavy (non-hydrogen) atoms. The third-order valence-electron chi connectivity index (χ3n) is 26.8. The van der Waals surface area contributed by atoms with Crippen molar-refractivity contribution in [1.29, 1.82) is 0 Å². The molecular formula is C97H100Cl5N15. The molecule has 20 heteroatoms. The first-order chi connectivity index (χ1) is 56.7. The Balaban J connectivity index is 0.000000101. The van der Waals surface area contributed by atoms with Crippen molar-refractivity contribution in [3.63, 3.8) is 0 Å². The molecule has 0 amide bonds. The Kier molecular flexibility index (Phi) is 22.6. The summed E-state index contributed by atoms with van der Waals surface area (Å²) in [4.78, 5) is 21.4. The zero-order valence-electron chi connectivity index (χ0n) is 66.2. The summed E-state index contributed by atoms with van der Waals surface area (Å²) in [5.41, 5.74) is 33.3. The summed E-state index contributed by atoms with van der Waals surface area (Å²) in [7, 11) is 9.00. The van der Waals surface area contributed by atoms with Gasteiger partial charge in [0.2, 0.25) is 0 Å². The number of H-pyrrole nitrogens is 5. The number of aryl methyl sites for hydroxylation is 4. The van der Waals surface area contributed by atoms with Crippen LogP contribution in [0.25, 0.3) is 54.8 Å². The molecule has 10 heterocycles. The maximum atomic E-state index is 6.63. The lowest BCUT2D eigenvalue weighted by Crippen LogP contribution is -2.39. The average Bonchev–Trinajstić information content (AvgIpc) is 1.66. The van der Waals surface area contributed by atoms with Gasteiger partial charge in [-0.3, -0.25) is 10.2 Å². The normalized spacial score (nSPS) is 21.4. The van der Waals surface area contributed by atoms with Crippen LogP contribution in [0.15, 0.2) is 189 Å². The van der Waals surface area contributed by atoms with Gasteiger partial charge in [-0.1, -0.05) is 199 Å². The highest BCUT2D eigenvalue weighted by Crippen LogP contribution is 2.51. The molecule has 10 aromatic carbocycles. The van der Waals surface area contributed by atoms with Crippen LogP contribution in [-0.2, 0) is 51.4 Å². The van der Waals surface area contributed by atoms with Crippen LogP contribution in [-0.4, -0.2) is 162 Å². The number of likely N-dealkylation sites (N-methyl/N-ethyl adjacent to an activating group) is 4. The second-order valence-electron chi connectivity index (χ2n) is 33.3. The molecule has 5 aromatic heterocycles. The minimum atomic E-state index is 0. The maximum Gasteiger partial charge on any atom is 0.131 e. The summed E-state index contributed by atoms with van der Waals surface area (Å²) >= 11 is 32.4. The van der Waals surface area contributed by atoms with Crippen molar-refractivity contribution < 1.29 is 0 Å². The van der Waals surface area contributed by atoms with Crippen LogP contribution in [0.3, 0.4) is 0 Å². The monoisotopic (exact) mass is 1650 g/mol. The van der Waals surface area contributed by atoms with Gasteiger partial charge >= 0.3 is 0 Å². The predicted octanol–water partition coefficient (Wildman–Crippen LogP) is 20.7. The van der Waals surface area contributed by atoms with E-state index in [-0.39, 0.29) is 7.43 Å². The molecule has 15 aromatic rings. The molecule has 0 fully saturated rings. The van der Waals surface area contributed by atoms with Crippen molar-refractivity contribution in [3.05, 3.63) is 320 Å². The molecule has 6 N–H and O–H groups in total. The molecular weight excluding hydrogens is 1550 g/mol. The third kappa shape index (κ3) is 14.8. The Bertz CT molecular complexity index is 5990. The van der Waals surface area contributed by atoms with E-state index in [4.69, 9.17) is 58.0 Å². The van der Waals surface area contributed by atoms with E-state index < -0.39 is 0 Å². The van der Waals surface area contributed by atoms with Gasteiger partial charge in [0.1, 0.15) is 16.6 Å². The van der Waals surface area contributed by atoms with Gasteiger partial charge in [-0.2, -0.15) is 25.6 Å². The van der Waals surface area contributed by atoms with Crippen molar-refractivity contribution in [2.45, 2.75) is 133 Å². The van der Waals surface area contributed by atoms with Gasteiger partial charge < -0.3 is 34.9 Å². The minimum absolute atomic E-state index is 0. The smallest absolute Gasteiger partial charge is 0.131 e. The quantitative estimate of drug-likeness (QED) is 0.0980. The van der Waals surface area contributed by atoms with E-state index in [1.807, 2.05) is 12.4 Å².